The van der Waals surface area contributed by atoms with Crippen LogP contribution in [0.2, 0.25) is 0 Å². The molecular weight excluding hydrogens is 354 g/mol. The van der Waals surface area contributed by atoms with E-state index in [-0.39, 0.29) is 17.5 Å². The van der Waals surface area contributed by atoms with Crippen molar-refractivity contribution in [2.24, 2.45) is 11.7 Å². The predicted octanol–water partition coefficient (Wildman–Crippen LogP) is 3.80. The van der Waals surface area contributed by atoms with Crippen LogP contribution in [-0.2, 0) is 0 Å². The summed E-state index contributed by atoms with van der Waals surface area (Å²) in [6, 6.07) is 14.7. The van der Waals surface area contributed by atoms with Gasteiger partial charge in [0.05, 0.1) is 22.6 Å². The van der Waals surface area contributed by atoms with Gasteiger partial charge in [0.15, 0.2) is 0 Å². The highest BCUT2D eigenvalue weighted by Crippen LogP contribution is 2.24. The first-order chi connectivity index (χ1) is 11.0. The fraction of sp³-hybridized carbons (Fsp3) is 0.222. The van der Waals surface area contributed by atoms with Crippen molar-refractivity contribution in [3.63, 3.8) is 0 Å². The molecular formula is C18H18BrN3O. The molecule has 0 saturated carbocycles. The van der Waals surface area contributed by atoms with Crippen LogP contribution in [0.15, 0.2) is 57.8 Å². The smallest absolute Gasteiger partial charge is 0.267 e. The molecule has 23 heavy (non-hydrogen) atoms. The van der Waals surface area contributed by atoms with Gasteiger partial charge in [0.2, 0.25) is 0 Å². The first-order valence-corrected chi connectivity index (χ1v) is 8.32. The van der Waals surface area contributed by atoms with Gasteiger partial charge in [-0.15, -0.1) is 0 Å². The van der Waals surface area contributed by atoms with Crippen LogP contribution in [0.1, 0.15) is 25.7 Å². The van der Waals surface area contributed by atoms with Gasteiger partial charge in [-0.2, -0.15) is 0 Å². The third kappa shape index (κ3) is 2.82. The van der Waals surface area contributed by atoms with E-state index >= 15 is 0 Å². The zero-order valence-corrected chi connectivity index (χ0v) is 14.6. The molecule has 0 saturated heterocycles. The van der Waals surface area contributed by atoms with E-state index in [9.17, 15) is 4.79 Å². The Balaban J connectivity index is 2.43. The van der Waals surface area contributed by atoms with Gasteiger partial charge in [-0.3, -0.25) is 9.36 Å². The Kier molecular flexibility index (Phi) is 4.33. The topological polar surface area (TPSA) is 60.9 Å². The summed E-state index contributed by atoms with van der Waals surface area (Å²) >= 11 is 3.46. The van der Waals surface area contributed by atoms with Crippen LogP contribution in [-0.4, -0.2) is 9.55 Å². The van der Waals surface area contributed by atoms with Gasteiger partial charge in [-0.25, -0.2) is 4.98 Å². The number of para-hydroxylation sites is 1. The number of hydrogen-bond acceptors (Lipinski definition) is 3. The molecule has 0 aliphatic heterocycles. The minimum Gasteiger partial charge on any atom is -0.321 e. The Bertz CT molecular complexity index is 903. The van der Waals surface area contributed by atoms with Crippen LogP contribution in [0.5, 0.6) is 0 Å². The summed E-state index contributed by atoms with van der Waals surface area (Å²) < 4.78 is 2.36. The summed E-state index contributed by atoms with van der Waals surface area (Å²) in [5.74, 6) is 0.753. The third-order valence-electron chi connectivity index (χ3n) is 3.90. The van der Waals surface area contributed by atoms with Crippen molar-refractivity contribution in [1.29, 1.82) is 0 Å². The van der Waals surface area contributed by atoms with Crippen molar-refractivity contribution in [1.82, 2.24) is 9.55 Å². The molecule has 3 aromatic rings. The summed E-state index contributed by atoms with van der Waals surface area (Å²) in [6.07, 6.45) is 0. The maximum atomic E-state index is 13.1. The quantitative estimate of drug-likeness (QED) is 0.761. The molecule has 0 aliphatic rings. The van der Waals surface area contributed by atoms with Gasteiger partial charge >= 0.3 is 0 Å². The van der Waals surface area contributed by atoms with Crippen molar-refractivity contribution in [3.8, 4) is 5.69 Å². The molecule has 2 N–H and O–H groups in total. The molecule has 118 valence electrons. The molecule has 4 nitrogen and oxygen atoms in total. The van der Waals surface area contributed by atoms with E-state index in [1.165, 1.54) is 0 Å². The Labute approximate surface area is 143 Å². The molecule has 0 spiro atoms. The Morgan fingerprint density at radius 1 is 1.09 bits per heavy atom. The SMILES string of the molecule is CC(C)C(N)c1nc2cccc(Br)c2c(=O)n1-c1ccccc1. The minimum absolute atomic E-state index is 0.111. The Hall–Kier alpha value is -1.98. The lowest BCUT2D eigenvalue weighted by atomic mass is 10.0. The summed E-state index contributed by atoms with van der Waals surface area (Å²) in [4.78, 5) is 17.8. The van der Waals surface area contributed by atoms with E-state index in [1.54, 1.807) is 4.57 Å². The molecule has 1 aromatic heterocycles. The van der Waals surface area contributed by atoms with E-state index in [1.807, 2.05) is 62.4 Å². The van der Waals surface area contributed by atoms with Crippen molar-refractivity contribution < 1.29 is 0 Å². The average Bonchev–Trinajstić information content (AvgIpc) is 2.54. The van der Waals surface area contributed by atoms with Crippen molar-refractivity contribution in [3.05, 3.63) is 69.2 Å². The largest absolute Gasteiger partial charge is 0.321 e. The molecule has 0 fully saturated rings. The molecule has 0 bridgehead atoms. The average molecular weight is 372 g/mol. The Morgan fingerprint density at radius 3 is 2.43 bits per heavy atom. The molecule has 1 unspecified atom stereocenters. The molecule has 0 amide bonds. The molecule has 2 aromatic carbocycles. The number of benzene rings is 2. The first kappa shape index (κ1) is 15.9. The van der Waals surface area contributed by atoms with Gasteiger partial charge in [0, 0.05) is 4.47 Å². The van der Waals surface area contributed by atoms with Crippen molar-refractivity contribution in [2.45, 2.75) is 19.9 Å². The van der Waals surface area contributed by atoms with Crippen LogP contribution in [0, 0.1) is 5.92 Å². The molecule has 5 heteroatoms. The van der Waals surface area contributed by atoms with Gasteiger partial charge in [0.25, 0.3) is 5.56 Å². The normalized spacial score (nSPS) is 12.7. The zero-order valence-electron chi connectivity index (χ0n) is 13.0. The highest BCUT2D eigenvalue weighted by molar-refractivity contribution is 9.10. The molecule has 0 radical (unpaired) electrons. The lowest BCUT2D eigenvalue weighted by Gasteiger charge is -2.21. The lowest BCUT2D eigenvalue weighted by molar-refractivity contribution is 0.480. The summed E-state index contributed by atoms with van der Waals surface area (Å²) in [5, 5.41) is 0.566. The highest BCUT2D eigenvalue weighted by Gasteiger charge is 2.21. The fourth-order valence-electron chi connectivity index (χ4n) is 2.56. The number of hydrogen-bond donors (Lipinski definition) is 1. The molecule has 1 atom stereocenters. The minimum atomic E-state index is -0.328. The number of aromatic nitrogens is 2. The Morgan fingerprint density at radius 2 is 1.78 bits per heavy atom. The zero-order chi connectivity index (χ0) is 16.6. The number of nitrogens with zero attached hydrogens (tertiary/aromatic N) is 2. The summed E-state index contributed by atoms with van der Waals surface area (Å²) in [7, 11) is 0. The van der Waals surface area contributed by atoms with E-state index < -0.39 is 0 Å². The maximum absolute atomic E-state index is 13.1. The van der Waals surface area contributed by atoms with Crippen LogP contribution in [0.4, 0.5) is 0 Å². The first-order valence-electron chi connectivity index (χ1n) is 7.53. The van der Waals surface area contributed by atoms with Gasteiger partial charge < -0.3 is 5.73 Å². The van der Waals surface area contributed by atoms with Crippen LogP contribution >= 0.6 is 15.9 Å². The molecule has 3 rings (SSSR count). The van der Waals surface area contributed by atoms with E-state index in [2.05, 4.69) is 15.9 Å². The second kappa shape index (κ2) is 6.26. The van der Waals surface area contributed by atoms with Crippen LogP contribution in [0.25, 0.3) is 16.6 Å². The van der Waals surface area contributed by atoms with E-state index in [4.69, 9.17) is 10.7 Å². The standard InChI is InChI=1S/C18H18BrN3O/c1-11(2)16(20)17-21-14-10-6-9-13(19)15(14)18(23)22(17)12-7-4-3-5-8-12/h3-11,16H,20H2,1-2H3. The highest BCUT2D eigenvalue weighted by atomic mass is 79.9. The van der Waals surface area contributed by atoms with Gasteiger partial charge in [-0.05, 0) is 46.1 Å². The summed E-state index contributed by atoms with van der Waals surface area (Å²) in [5.41, 5.74) is 7.66. The van der Waals surface area contributed by atoms with Crippen LogP contribution in [0.3, 0.4) is 0 Å². The van der Waals surface area contributed by atoms with Crippen molar-refractivity contribution >= 4 is 26.8 Å². The molecule has 0 aliphatic carbocycles. The lowest BCUT2D eigenvalue weighted by Crippen LogP contribution is -2.30. The van der Waals surface area contributed by atoms with Crippen LogP contribution < -0.4 is 11.3 Å². The summed E-state index contributed by atoms with van der Waals surface area (Å²) in [6.45, 7) is 4.05. The predicted molar refractivity (Wildman–Crippen MR) is 96.8 cm³/mol. The second-order valence-electron chi connectivity index (χ2n) is 5.85. The maximum Gasteiger partial charge on any atom is 0.267 e. The fourth-order valence-corrected chi connectivity index (χ4v) is 3.08. The van der Waals surface area contributed by atoms with Gasteiger partial charge in [0.1, 0.15) is 5.82 Å². The van der Waals surface area contributed by atoms with E-state index in [0.29, 0.717) is 16.7 Å². The van der Waals surface area contributed by atoms with Crippen molar-refractivity contribution in [2.75, 3.05) is 0 Å². The third-order valence-corrected chi connectivity index (χ3v) is 4.56. The van der Waals surface area contributed by atoms with E-state index in [0.717, 1.165) is 10.2 Å². The second-order valence-corrected chi connectivity index (χ2v) is 6.70. The van der Waals surface area contributed by atoms with Gasteiger partial charge in [-0.1, -0.05) is 38.1 Å². The number of nitrogens with two attached hydrogens (primary N) is 1. The number of rotatable bonds is 3. The number of fused-ring (bicyclic) bond motifs is 1. The monoisotopic (exact) mass is 371 g/mol. The number of halogens is 1. The molecule has 1 heterocycles.